The maximum atomic E-state index is 9.85. The molecule has 1 unspecified atom stereocenters. The van der Waals surface area contributed by atoms with Gasteiger partial charge in [-0.15, -0.1) is 0 Å². The van der Waals surface area contributed by atoms with Crippen molar-refractivity contribution < 1.29 is 9.84 Å². The van der Waals surface area contributed by atoms with Gasteiger partial charge in [0.15, 0.2) is 0 Å². The Kier molecular flexibility index (Phi) is 4.55. The zero-order valence-corrected chi connectivity index (χ0v) is 11.0. The molecule has 3 heteroatoms. The molecule has 2 rings (SSSR count). The van der Waals surface area contributed by atoms with E-state index in [1.807, 2.05) is 48.5 Å². The summed E-state index contributed by atoms with van der Waals surface area (Å²) in [4.78, 5) is 0. The highest BCUT2D eigenvalue weighted by molar-refractivity contribution is 5.64. The Hall–Kier alpha value is -1.84. The number of methoxy groups -OCH3 is 1. The minimum Gasteiger partial charge on any atom is -0.497 e. The van der Waals surface area contributed by atoms with Gasteiger partial charge < -0.3 is 15.6 Å². The molecule has 0 spiro atoms. The van der Waals surface area contributed by atoms with Crippen molar-refractivity contribution in [2.75, 3.05) is 13.7 Å². The van der Waals surface area contributed by atoms with E-state index in [-0.39, 0.29) is 0 Å². The van der Waals surface area contributed by atoms with Crippen LogP contribution in [0.15, 0.2) is 48.5 Å². The number of benzene rings is 2. The van der Waals surface area contributed by atoms with E-state index in [4.69, 9.17) is 10.5 Å². The van der Waals surface area contributed by atoms with Crippen molar-refractivity contribution >= 4 is 0 Å². The lowest BCUT2D eigenvalue weighted by atomic mass is 10.0. The third kappa shape index (κ3) is 3.34. The van der Waals surface area contributed by atoms with E-state index in [0.717, 1.165) is 22.4 Å². The van der Waals surface area contributed by atoms with Crippen molar-refractivity contribution in [3.63, 3.8) is 0 Å². The molecule has 2 aromatic carbocycles. The fourth-order valence-corrected chi connectivity index (χ4v) is 2.01. The molecule has 0 aliphatic rings. The van der Waals surface area contributed by atoms with Gasteiger partial charge in [0.1, 0.15) is 5.75 Å². The molecular weight excluding hydrogens is 238 g/mol. The van der Waals surface area contributed by atoms with Gasteiger partial charge in [0.2, 0.25) is 0 Å². The lowest BCUT2D eigenvalue weighted by Crippen LogP contribution is -2.06. The second-order valence-electron chi connectivity index (χ2n) is 4.44. The average molecular weight is 257 g/mol. The Labute approximate surface area is 113 Å². The van der Waals surface area contributed by atoms with Crippen molar-refractivity contribution in [3.05, 3.63) is 54.1 Å². The summed E-state index contributed by atoms with van der Waals surface area (Å²) in [6.45, 7) is 0.487. The van der Waals surface area contributed by atoms with E-state index in [1.54, 1.807) is 7.11 Å². The van der Waals surface area contributed by atoms with Crippen LogP contribution in [0.3, 0.4) is 0 Å². The number of ether oxygens (including phenoxy) is 1. The maximum Gasteiger partial charge on any atom is 0.118 e. The summed E-state index contributed by atoms with van der Waals surface area (Å²) in [7, 11) is 1.66. The van der Waals surface area contributed by atoms with Gasteiger partial charge in [-0.05, 0) is 41.8 Å². The van der Waals surface area contributed by atoms with Crippen LogP contribution in [0.25, 0.3) is 11.1 Å². The molecule has 0 saturated heterocycles. The first kappa shape index (κ1) is 13.6. The molecule has 2 aromatic rings. The first-order valence-corrected chi connectivity index (χ1v) is 6.37. The Morgan fingerprint density at radius 1 is 1.00 bits per heavy atom. The molecule has 0 saturated carbocycles. The molecule has 0 aliphatic carbocycles. The molecule has 0 radical (unpaired) electrons. The fraction of sp³-hybridized carbons (Fsp3) is 0.250. The van der Waals surface area contributed by atoms with Crippen molar-refractivity contribution in [2.24, 2.45) is 5.73 Å². The van der Waals surface area contributed by atoms with Crippen LogP contribution in [0.4, 0.5) is 0 Å². The second-order valence-corrected chi connectivity index (χ2v) is 4.44. The molecule has 19 heavy (non-hydrogen) atoms. The summed E-state index contributed by atoms with van der Waals surface area (Å²) < 4.78 is 5.14. The van der Waals surface area contributed by atoms with Crippen LogP contribution in [0, 0.1) is 0 Å². The van der Waals surface area contributed by atoms with Gasteiger partial charge in [-0.2, -0.15) is 0 Å². The second kappa shape index (κ2) is 6.36. The van der Waals surface area contributed by atoms with Crippen molar-refractivity contribution in [2.45, 2.75) is 12.5 Å². The van der Waals surface area contributed by atoms with Crippen molar-refractivity contribution in [3.8, 4) is 16.9 Å². The van der Waals surface area contributed by atoms with Crippen LogP contribution < -0.4 is 10.5 Å². The topological polar surface area (TPSA) is 55.5 Å². The molecule has 3 nitrogen and oxygen atoms in total. The molecule has 0 heterocycles. The summed E-state index contributed by atoms with van der Waals surface area (Å²) in [5.74, 6) is 0.846. The summed E-state index contributed by atoms with van der Waals surface area (Å²) >= 11 is 0. The quantitative estimate of drug-likeness (QED) is 0.866. The molecule has 0 fully saturated rings. The number of hydrogen-bond acceptors (Lipinski definition) is 3. The lowest BCUT2D eigenvalue weighted by molar-refractivity contribution is 0.170. The number of nitrogens with two attached hydrogens (primary N) is 1. The molecule has 0 aliphatic heterocycles. The van der Waals surface area contributed by atoms with Gasteiger partial charge in [0.25, 0.3) is 0 Å². The van der Waals surface area contributed by atoms with E-state index in [1.165, 1.54) is 0 Å². The normalized spacial score (nSPS) is 12.2. The minimum absolute atomic E-state index is 0.477. The highest BCUT2D eigenvalue weighted by Gasteiger charge is 2.06. The van der Waals surface area contributed by atoms with Crippen LogP contribution in [-0.4, -0.2) is 18.8 Å². The third-order valence-electron chi connectivity index (χ3n) is 3.16. The van der Waals surface area contributed by atoms with Crippen LogP contribution in [0.5, 0.6) is 5.75 Å². The zero-order chi connectivity index (χ0) is 13.7. The largest absolute Gasteiger partial charge is 0.497 e. The van der Waals surface area contributed by atoms with Crippen molar-refractivity contribution in [1.82, 2.24) is 0 Å². The van der Waals surface area contributed by atoms with Crippen LogP contribution in [0.2, 0.25) is 0 Å². The number of aliphatic hydroxyl groups is 1. The predicted octanol–water partition coefficient (Wildman–Crippen LogP) is 2.74. The van der Waals surface area contributed by atoms with Gasteiger partial charge in [-0.25, -0.2) is 0 Å². The first-order chi connectivity index (χ1) is 9.24. The summed E-state index contributed by atoms with van der Waals surface area (Å²) in [6, 6.07) is 15.8. The van der Waals surface area contributed by atoms with Gasteiger partial charge >= 0.3 is 0 Å². The summed E-state index contributed by atoms with van der Waals surface area (Å²) in [5.41, 5.74) is 8.59. The van der Waals surface area contributed by atoms with E-state index < -0.39 is 6.10 Å². The lowest BCUT2D eigenvalue weighted by Gasteiger charge is -2.10. The fourth-order valence-electron chi connectivity index (χ4n) is 2.01. The highest BCUT2D eigenvalue weighted by Crippen LogP contribution is 2.24. The van der Waals surface area contributed by atoms with Gasteiger partial charge in [-0.1, -0.05) is 36.4 Å². The molecule has 100 valence electrons. The Morgan fingerprint density at radius 2 is 1.53 bits per heavy atom. The molecular formula is C16H19NO2. The summed E-state index contributed by atoms with van der Waals surface area (Å²) in [6.07, 6.45) is 0.108. The SMILES string of the molecule is COc1ccc(-c2ccc(C(O)CCN)cc2)cc1. The first-order valence-electron chi connectivity index (χ1n) is 6.37. The van der Waals surface area contributed by atoms with Gasteiger partial charge in [0.05, 0.1) is 13.2 Å². The zero-order valence-electron chi connectivity index (χ0n) is 11.0. The average Bonchev–Trinajstić information content (AvgIpc) is 2.48. The van der Waals surface area contributed by atoms with E-state index in [9.17, 15) is 5.11 Å². The van der Waals surface area contributed by atoms with Crippen LogP contribution in [0.1, 0.15) is 18.1 Å². The smallest absolute Gasteiger partial charge is 0.118 e. The molecule has 0 bridgehead atoms. The standard InChI is InChI=1S/C16H19NO2/c1-19-15-8-6-13(7-9-15)12-2-4-14(5-3-12)16(18)10-11-17/h2-9,16,18H,10-11,17H2,1H3. The van der Waals surface area contributed by atoms with Crippen LogP contribution in [-0.2, 0) is 0 Å². The van der Waals surface area contributed by atoms with E-state index >= 15 is 0 Å². The van der Waals surface area contributed by atoms with Crippen molar-refractivity contribution in [1.29, 1.82) is 0 Å². The minimum atomic E-state index is -0.477. The number of hydrogen-bond donors (Lipinski definition) is 2. The number of rotatable bonds is 5. The Morgan fingerprint density at radius 3 is 2.00 bits per heavy atom. The Balaban J connectivity index is 2.17. The molecule has 0 aromatic heterocycles. The van der Waals surface area contributed by atoms with Gasteiger partial charge in [0, 0.05) is 0 Å². The van der Waals surface area contributed by atoms with Gasteiger partial charge in [-0.3, -0.25) is 0 Å². The molecule has 3 N–H and O–H groups in total. The number of aliphatic hydroxyl groups excluding tert-OH is 1. The molecule has 0 amide bonds. The Bertz CT molecular complexity index is 505. The predicted molar refractivity (Wildman–Crippen MR) is 77.1 cm³/mol. The highest BCUT2D eigenvalue weighted by atomic mass is 16.5. The summed E-state index contributed by atoms with van der Waals surface area (Å²) in [5, 5.41) is 9.85. The third-order valence-corrected chi connectivity index (χ3v) is 3.16. The molecule has 1 atom stereocenters. The van der Waals surface area contributed by atoms with E-state index in [2.05, 4.69) is 0 Å². The van der Waals surface area contributed by atoms with Crippen LogP contribution >= 0.6 is 0 Å². The maximum absolute atomic E-state index is 9.85. The monoisotopic (exact) mass is 257 g/mol. The van der Waals surface area contributed by atoms with E-state index in [0.29, 0.717) is 13.0 Å².